The van der Waals surface area contributed by atoms with Gasteiger partial charge in [-0.05, 0) is 49.8 Å². The summed E-state index contributed by atoms with van der Waals surface area (Å²) < 4.78 is 13.3. The van der Waals surface area contributed by atoms with E-state index in [1.807, 2.05) is 0 Å². The van der Waals surface area contributed by atoms with Crippen molar-refractivity contribution in [2.24, 2.45) is 5.92 Å². The molecule has 1 aromatic carbocycles. The fraction of sp³-hybridized carbons (Fsp3) is 0.538. The third-order valence-electron chi connectivity index (χ3n) is 3.44. The second-order valence-corrected chi connectivity index (χ2v) is 5.03. The lowest BCUT2D eigenvalue weighted by Crippen LogP contribution is -2.28. The van der Waals surface area contributed by atoms with Crippen LogP contribution in [0, 0.1) is 11.7 Å². The molecule has 2 aliphatic carbocycles. The molecule has 16 heavy (non-hydrogen) atoms. The highest BCUT2D eigenvalue weighted by Gasteiger charge is 2.34. The molecule has 0 bridgehead atoms. The van der Waals surface area contributed by atoms with Crippen LogP contribution in [0.5, 0.6) is 0 Å². The van der Waals surface area contributed by atoms with Crippen LogP contribution in [0.25, 0.3) is 0 Å². The van der Waals surface area contributed by atoms with Gasteiger partial charge in [-0.1, -0.05) is 0 Å². The van der Waals surface area contributed by atoms with E-state index in [1.165, 1.54) is 31.7 Å². The molecule has 0 radical (unpaired) electrons. The van der Waals surface area contributed by atoms with Crippen molar-refractivity contribution in [3.8, 4) is 0 Å². The molecule has 3 heteroatoms. The van der Waals surface area contributed by atoms with Gasteiger partial charge < -0.3 is 10.6 Å². The molecule has 0 heterocycles. The van der Waals surface area contributed by atoms with E-state index in [1.54, 1.807) is 12.1 Å². The molecule has 0 aliphatic heterocycles. The number of benzene rings is 1. The van der Waals surface area contributed by atoms with Crippen molar-refractivity contribution in [2.75, 3.05) is 17.2 Å². The van der Waals surface area contributed by atoms with E-state index < -0.39 is 0 Å². The van der Waals surface area contributed by atoms with Crippen LogP contribution in [0.2, 0.25) is 0 Å². The first-order chi connectivity index (χ1) is 7.74. The Bertz CT molecular complexity index is 397. The first-order valence-electron chi connectivity index (χ1n) is 6.05. The molecule has 2 saturated carbocycles. The fourth-order valence-electron chi connectivity index (χ4n) is 2.17. The van der Waals surface area contributed by atoms with E-state index in [9.17, 15) is 4.39 Å². The summed E-state index contributed by atoms with van der Waals surface area (Å²) in [5.74, 6) is 0.619. The van der Waals surface area contributed by atoms with Crippen LogP contribution >= 0.6 is 0 Å². The zero-order valence-electron chi connectivity index (χ0n) is 9.32. The summed E-state index contributed by atoms with van der Waals surface area (Å²) in [6.45, 7) is 1.05. The Balaban J connectivity index is 1.87. The summed E-state index contributed by atoms with van der Waals surface area (Å²) in [7, 11) is 0. The van der Waals surface area contributed by atoms with Crippen molar-refractivity contribution in [2.45, 2.75) is 31.7 Å². The highest BCUT2D eigenvalue weighted by Crippen LogP contribution is 2.39. The van der Waals surface area contributed by atoms with Gasteiger partial charge in [0.15, 0.2) is 0 Å². The molecule has 3 rings (SSSR count). The van der Waals surface area contributed by atoms with Gasteiger partial charge in [-0.2, -0.15) is 0 Å². The zero-order chi connectivity index (χ0) is 11.1. The first-order valence-corrected chi connectivity index (χ1v) is 6.05. The van der Waals surface area contributed by atoms with Gasteiger partial charge in [-0.15, -0.1) is 0 Å². The van der Waals surface area contributed by atoms with Crippen molar-refractivity contribution in [3.05, 3.63) is 24.0 Å². The van der Waals surface area contributed by atoms with Gasteiger partial charge in [0, 0.05) is 12.6 Å². The van der Waals surface area contributed by atoms with Gasteiger partial charge in [0.2, 0.25) is 0 Å². The zero-order valence-corrected chi connectivity index (χ0v) is 9.32. The number of anilines is 2. The largest absolute Gasteiger partial charge is 0.397 e. The topological polar surface area (TPSA) is 29.3 Å². The highest BCUT2D eigenvalue weighted by atomic mass is 19.1. The van der Waals surface area contributed by atoms with Crippen molar-refractivity contribution in [3.63, 3.8) is 0 Å². The lowest BCUT2D eigenvalue weighted by atomic mass is 10.2. The average Bonchev–Trinajstić information content (AvgIpc) is 3.12. The maximum absolute atomic E-state index is 13.3. The number of halogens is 1. The second-order valence-electron chi connectivity index (χ2n) is 5.03. The van der Waals surface area contributed by atoms with Crippen LogP contribution in [0.1, 0.15) is 25.7 Å². The van der Waals surface area contributed by atoms with Gasteiger partial charge in [0.1, 0.15) is 5.82 Å². The molecular formula is C13H17FN2. The molecule has 0 unspecified atom stereocenters. The maximum atomic E-state index is 13.3. The average molecular weight is 220 g/mol. The number of hydrogen-bond acceptors (Lipinski definition) is 2. The molecule has 1 aromatic rings. The smallest absolute Gasteiger partial charge is 0.125 e. The second kappa shape index (κ2) is 3.65. The number of hydrogen-bond donors (Lipinski definition) is 1. The predicted molar refractivity (Wildman–Crippen MR) is 63.9 cm³/mol. The Labute approximate surface area is 95.2 Å². The monoisotopic (exact) mass is 220 g/mol. The summed E-state index contributed by atoms with van der Waals surface area (Å²) in [4.78, 5) is 2.32. The van der Waals surface area contributed by atoms with E-state index in [-0.39, 0.29) is 5.82 Å². The van der Waals surface area contributed by atoms with E-state index in [4.69, 9.17) is 5.73 Å². The lowest BCUT2D eigenvalue weighted by Gasteiger charge is -2.26. The molecule has 0 amide bonds. The van der Waals surface area contributed by atoms with Crippen LogP contribution in [-0.4, -0.2) is 12.6 Å². The SMILES string of the molecule is Nc1ccc(F)cc1N(CC1CC1)C1CC1. The molecule has 86 valence electrons. The van der Waals surface area contributed by atoms with Crippen molar-refractivity contribution >= 4 is 11.4 Å². The minimum absolute atomic E-state index is 0.189. The van der Waals surface area contributed by atoms with Crippen LogP contribution in [0.4, 0.5) is 15.8 Å². The number of nitrogen functional groups attached to an aromatic ring is 1. The van der Waals surface area contributed by atoms with Crippen molar-refractivity contribution in [1.82, 2.24) is 0 Å². The summed E-state index contributed by atoms with van der Waals surface area (Å²) in [6, 6.07) is 5.29. The highest BCUT2D eigenvalue weighted by molar-refractivity contribution is 5.68. The Morgan fingerprint density at radius 3 is 2.62 bits per heavy atom. The molecule has 0 aromatic heterocycles. The maximum Gasteiger partial charge on any atom is 0.125 e. The van der Waals surface area contributed by atoms with Crippen LogP contribution in [0.3, 0.4) is 0 Å². The van der Waals surface area contributed by atoms with E-state index in [0.29, 0.717) is 11.7 Å². The normalized spacial score (nSPS) is 19.8. The summed E-state index contributed by atoms with van der Waals surface area (Å²) in [6.07, 6.45) is 5.09. The van der Waals surface area contributed by atoms with E-state index >= 15 is 0 Å². The van der Waals surface area contributed by atoms with Crippen LogP contribution in [0.15, 0.2) is 18.2 Å². The van der Waals surface area contributed by atoms with Crippen molar-refractivity contribution < 1.29 is 4.39 Å². The minimum Gasteiger partial charge on any atom is -0.397 e. The molecular weight excluding hydrogens is 203 g/mol. The number of nitrogens with two attached hydrogens (primary N) is 1. The third kappa shape index (κ3) is 1.99. The predicted octanol–water partition coefficient (Wildman–Crippen LogP) is 2.79. The molecule has 2 fully saturated rings. The van der Waals surface area contributed by atoms with Crippen molar-refractivity contribution in [1.29, 1.82) is 0 Å². The standard InChI is InChI=1S/C13H17FN2/c14-10-3-6-12(15)13(7-10)16(11-4-5-11)8-9-1-2-9/h3,6-7,9,11H,1-2,4-5,8,15H2. The number of nitrogens with zero attached hydrogens (tertiary/aromatic N) is 1. The quantitative estimate of drug-likeness (QED) is 0.790. The molecule has 0 saturated heterocycles. The molecule has 0 atom stereocenters. The Morgan fingerprint density at radius 2 is 2.00 bits per heavy atom. The lowest BCUT2D eigenvalue weighted by molar-refractivity contribution is 0.625. The van der Waals surface area contributed by atoms with E-state index in [2.05, 4.69) is 4.90 Å². The van der Waals surface area contributed by atoms with Gasteiger partial charge in [-0.3, -0.25) is 0 Å². The minimum atomic E-state index is -0.189. The van der Waals surface area contributed by atoms with Gasteiger partial charge in [0.05, 0.1) is 11.4 Å². The molecule has 2 nitrogen and oxygen atoms in total. The first kappa shape index (κ1) is 9.94. The van der Waals surface area contributed by atoms with Gasteiger partial charge in [0.25, 0.3) is 0 Å². The molecule has 0 spiro atoms. The van der Waals surface area contributed by atoms with Crippen LogP contribution < -0.4 is 10.6 Å². The molecule has 2 aliphatic rings. The Hall–Kier alpha value is -1.25. The summed E-state index contributed by atoms with van der Waals surface area (Å²) in [5.41, 5.74) is 7.54. The third-order valence-corrected chi connectivity index (χ3v) is 3.44. The van der Waals surface area contributed by atoms with Crippen LogP contribution in [-0.2, 0) is 0 Å². The van der Waals surface area contributed by atoms with Gasteiger partial charge >= 0.3 is 0 Å². The summed E-state index contributed by atoms with van der Waals surface area (Å²) >= 11 is 0. The van der Waals surface area contributed by atoms with E-state index in [0.717, 1.165) is 18.2 Å². The fourth-order valence-corrected chi connectivity index (χ4v) is 2.17. The number of rotatable bonds is 4. The van der Waals surface area contributed by atoms with Gasteiger partial charge in [-0.25, -0.2) is 4.39 Å². The Kier molecular flexibility index (Phi) is 2.27. The Morgan fingerprint density at radius 1 is 1.25 bits per heavy atom. The summed E-state index contributed by atoms with van der Waals surface area (Å²) in [5, 5.41) is 0. The molecule has 2 N–H and O–H groups in total.